The van der Waals surface area contributed by atoms with Crippen molar-refractivity contribution in [1.82, 2.24) is 20.0 Å². The number of hydrogen-bond acceptors (Lipinski definition) is 9. The Morgan fingerprint density at radius 3 is 2.52 bits per heavy atom. The van der Waals surface area contributed by atoms with Gasteiger partial charge in [0.05, 0.1) is 31.1 Å². The first-order valence-electron chi connectivity index (χ1n) is 17.1. The number of halogens is 1. The molecule has 3 fully saturated rings. The highest BCUT2D eigenvalue weighted by Gasteiger charge is 2.74. The molecular formula is C35H45BrN4O8. The van der Waals surface area contributed by atoms with Crippen molar-refractivity contribution in [2.24, 2.45) is 11.8 Å². The van der Waals surface area contributed by atoms with Crippen molar-refractivity contribution >= 4 is 39.6 Å². The molecule has 48 heavy (non-hydrogen) atoms. The van der Waals surface area contributed by atoms with Crippen molar-refractivity contribution in [3.05, 3.63) is 58.6 Å². The first-order valence-corrected chi connectivity index (χ1v) is 17.9. The molecule has 6 rings (SSSR count). The molecule has 12 nitrogen and oxygen atoms in total. The Morgan fingerprint density at radius 2 is 1.75 bits per heavy atom. The summed E-state index contributed by atoms with van der Waals surface area (Å²) in [7, 11) is 0. The van der Waals surface area contributed by atoms with Gasteiger partial charge in [0.15, 0.2) is 0 Å². The van der Waals surface area contributed by atoms with E-state index in [1.54, 1.807) is 9.80 Å². The number of likely N-dealkylation sites (tertiary alicyclic amines) is 1. The molecule has 3 saturated heterocycles. The average Bonchev–Trinajstić information content (AvgIpc) is 3.69. The molecule has 3 amide bonds. The van der Waals surface area contributed by atoms with Gasteiger partial charge in [0, 0.05) is 56.8 Å². The lowest BCUT2D eigenvalue weighted by atomic mass is 9.74. The number of carbonyl (C=O) groups is 4. The number of ether oxygens (including phenoxy) is 3. The van der Waals surface area contributed by atoms with Crippen LogP contribution in [0.5, 0.6) is 0 Å². The highest BCUT2D eigenvalue weighted by atomic mass is 79.9. The topological polar surface area (TPSA) is 138 Å². The highest BCUT2D eigenvalue weighted by molar-refractivity contribution is 9.11. The van der Waals surface area contributed by atoms with Crippen LogP contribution >= 0.6 is 15.9 Å². The van der Waals surface area contributed by atoms with Gasteiger partial charge >= 0.3 is 5.97 Å². The number of benzene rings is 1. The molecule has 0 aromatic heterocycles. The Labute approximate surface area is 289 Å². The minimum Gasteiger partial charge on any atom is -0.463 e. The number of carbonyl (C=O) groups excluding carboxylic acids is 4. The molecule has 0 aliphatic carbocycles. The smallest absolute Gasteiger partial charge is 0.306 e. The van der Waals surface area contributed by atoms with Crippen LogP contribution in [0.3, 0.4) is 0 Å². The fraction of sp³-hybridized carbons (Fsp3) is 0.600. The predicted octanol–water partition coefficient (Wildman–Crippen LogP) is 1.93. The first-order chi connectivity index (χ1) is 23.3. The van der Waals surface area contributed by atoms with Gasteiger partial charge in [-0.3, -0.25) is 24.1 Å². The van der Waals surface area contributed by atoms with E-state index in [0.717, 1.165) is 18.7 Å². The van der Waals surface area contributed by atoms with Crippen molar-refractivity contribution in [2.45, 2.75) is 55.9 Å². The van der Waals surface area contributed by atoms with Crippen molar-refractivity contribution < 1.29 is 38.5 Å². The second kappa shape index (κ2) is 15.6. The molecule has 0 radical (unpaired) electrons. The Bertz CT molecular complexity index is 1400. The largest absolute Gasteiger partial charge is 0.463 e. The molecule has 0 unspecified atom stereocenters. The van der Waals surface area contributed by atoms with E-state index in [0.29, 0.717) is 63.0 Å². The normalized spacial score (nSPS) is 32.2. The third-order valence-corrected chi connectivity index (χ3v) is 10.7. The minimum atomic E-state index is -1.33. The summed E-state index contributed by atoms with van der Waals surface area (Å²) in [6.07, 6.45) is 7.32. The van der Waals surface area contributed by atoms with Crippen LogP contribution in [0.4, 0.5) is 0 Å². The molecule has 0 saturated carbocycles. The minimum absolute atomic E-state index is 0.0468. The first kappa shape index (κ1) is 34.8. The van der Waals surface area contributed by atoms with E-state index >= 15 is 0 Å². The summed E-state index contributed by atoms with van der Waals surface area (Å²) in [5.41, 5.74) is -0.572. The maximum atomic E-state index is 14.8. The maximum Gasteiger partial charge on any atom is 0.306 e. The molecule has 260 valence electrons. The predicted molar refractivity (Wildman–Crippen MR) is 179 cm³/mol. The lowest BCUT2D eigenvalue weighted by Gasteiger charge is -2.37. The number of esters is 1. The SMILES string of the molecule is O=C1CC/C=C\CN(CCN2CCOCC2)C(=O)[C@@H]2N(CCCCCO)C(=O)[C@H]3[C@H](C(=O)N[C@H](c4ccccc4)CO1)[C@H]1O[C@@]23C=C1Br. The Balaban J connectivity index is 1.36. The highest BCUT2D eigenvalue weighted by Crippen LogP contribution is 2.58. The second-order valence-corrected chi connectivity index (χ2v) is 14.0. The van der Waals surface area contributed by atoms with Gasteiger partial charge in [-0.25, -0.2) is 0 Å². The summed E-state index contributed by atoms with van der Waals surface area (Å²) in [5, 5.41) is 12.4. The summed E-state index contributed by atoms with van der Waals surface area (Å²) < 4.78 is 18.4. The Hall–Kier alpha value is -3.10. The standard InChI is InChI=1S/C35H45BrN4O8/c36-25-22-35-29-28(30(25)48-35)32(43)37-26(24-10-4-1-5-11-24)23-47-27(42)12-6-2-7-13-39(16-15-38-17-20-46-21-18-38)34(45)31(35)40(33(29)44)14-8-3-9-19-41/h1-2,4-5,7,10-11,22,26,28-31,41H,3,6,8-9,12-21,23H2,(H,37,43)/b7-2-/t26-,28-,29+,30-,31-,35+/m0/s1. The number of allylic oxidation sites excluding steroid dienone is 1. The number of rotatable bonds is 9. The van der Waals surface area contributed by atoms with Crippen LogP contribution in [-0.2, 0) is 33.4 Å². The number of fused-ring (bicyclic) bond motifs is 2. The van der Waals surface area contributed by atoms with Gasteiger partial charge in [-0.15, -0.1) is 0 Å². The lowest BCUT2D eigenvalue weighted by molar-refractivity contribution is -0.148. The van der Waals surface area contributed by atoms with E-state index in [9.17, 15) is 24.3 Å². The van der Waals surface area contributed by atoms with E-state index in [1.807, 2.05) is 48.6 Å². The van der Waals surface area contributed by atoms with Crippen LogP contribution in [0.15, 0.2) is 53.0 Å². The van der Waals surface area contributed by atoms with Crippen LogP contribution in [0, 0.1) is 11.8 Å². The lowest BCUT2D eigenvalue weighted by Crippen LogP contribution is -2.57. The van der Waals surface area contributed by atoms with Gasteiger partial charge < -0.3 is 34.4 Å². The van der Waals surface area contributed by atoms with E-state index in [2.05, 4.69) is 26.1 Å². The molecule has 5 bridgehead atoms. The monoisotopic (exact) mass is 728 g/mol. The number of hydrogen-bond donors (Lipinski definition) is 2. The number of aliphatic hydroxyl groups excluding tert-OH is 1. The zero-order chi connectivity index (χ0) is 33.7. The molecule has 5 heterocycles. The third-order valence-electron chi connectivity index (χ3n) is 10.1. The zero-order valence-corrected chi connectivity index (χ0v) is 28.7. The van der Waals surface area contributed by atoms with E-state index < -0.39 is 47.5 Å². The van der Waals surface area contributed by atoms with Crippen LogP contribution in [0.1, 0.15) is 43.7 Å². The zero-order valence-electron chi connectivity index (χ0n) is 27.1. The quantitative estimate of drug-likeness (QED) is 0.222. The van der Waals surface area contributed by atoms with Gasteiger partial charge in [0.1, 0.15) is 24.4 Å². The fourth-order valence-corrected chi connectivity index (χ4v) is 8.34. The fourth-order valence-electron chi connectivity index (χ4n) is 7.60. The van der Waals surface area contributed by atoms with Gasteiger partial charge in [0.2, 0.25) is 17.7 Å². The van der Waals surface area contributed by atoms with Gasteiger partial charge in [-0.1, -0.05) is 58.4 Å². The maximum absolute atomic E-state index is 14.8. The van der Waals surface area contributed by atoms with Crippen molar-refractivity contribution in [3.8, 4) is 0 Å². The van der Waals surface area contributed by atoms with Crippen molar-refractivity contribution in [2.75, 3.05) is 65.7 Å². The molecule has 2 N–H and O–H groups in total. The van der Waals surface area contributed by atoms with Crippen LogP contribution in [0.2, 0.25) is 0 Å². The van der Waals surface area contributed by atoms with Gasteiger partial charge in [0.25, 0.3) is 0 Å². The van der Waals surface area contributed by atoms with Gasteiger partial charge in [-0.05, 0) is 37.3 Å². The van der Waals surface area contributed by atoms with Crippen LogP contribution in [-0.4, -0.2) is 127 Å². The van der Waals surface area contributed by atoms with Crippen LogP contribution < -0.4 is 5.32 Å². The van der Waals surface area contributed by atoms with E-state index in [-0.39, 0.29) is 38.0 Å². The Morgan fingerprint density at radius 1 is 0.958 bits per heavy atom. The number of cyclic esters (lactones) is 1. The molecular weight excluding hydrogens is 684 g/mol. The average molecular weight is 730 g/mol. The number of unbranched alkanes of at least 4 members (excludes halogenated alkanes) is 2. The molecule has 5 aliphatic heterocycles. The number of aliphatic hydroxyl groups is 1. The van der Waals surface area contributed by atoms with Gasteiger partial charge in [-0.2, -0.15) is 0 Å². The second-order valence-electron chi connectivity index (χ2n) is 13.0. The molecule has 5 aliphatic rings. The number of nitrogens with zero attached hydrogens (tertiary/aromatic N) is 3. The molecule has 6 atom stereocenters. The molecule has 13 heteroatoms. The summed E-state index contributed by atoms with van der Waals surface area (Å²) >= 11 is 3.63. The van der Waals surface area contributed by atoms with E-state index in [4.69, 9.17) is 14.2 Å². The molecule has 1 aromatic rings. The summed E-state index contributed by atoms with van der Waals surface area (Å²) in [5.74, 6) is -3.15. The van der Waals surface area contributed by atoms with Crippen molar-refractivity contribution in [1.29, 1.82) is 0 Å². The molecule has 1 spiro atoms. The summed E-state index contributed by atoms with van der Waals surface area (Å²) in [6, 6.07) is 7.66. The summed E-state index contributed by atoms with van der Waals surface area (Å²) in [4.78, 5) is 62.0. The van der Waals surface area contributed by atoms with Crippen molar-refractivity contribution in [3.63, 3.8) is 0 Å². The number of morpholine rings is 1. The van der Waals surface area contributed by atoms with E-state index in [1.165, 1.54) is 0 Å². The van der Waals surface area contributed by atoms with Crippen LogP contribution in [0.25, 0.3) is 0 Å². The number of amides is 3. The molecule has 1 aromatic carbocycles. The summed E-state index contributed by atoms with van der Waals surface area (Å²) in [6.45, 7) is 4.44. The Kier molecular flexibility index (Phi) is 11.3. The number of nitrogens with one attached hydrogen (secondary N) is 1. The third kappa shape index (κ3) is 7.11.